The number of imidazole rings is 2. The van der Waals surface area contributed by atoms with Crippen LogP contribution in [0.25, 0.3) is 89.3 Å². The number of para-hydroxylation sites is 6. The van der Waals surface area contributed by atoms with Crippen molar-refractivity contribution in [3.8, 4) is 45.3 Å². The number of nitrogens with zero attached hydrogens (tertiary/aromatic N) is 4. The zero-order chi connectivity index (χ0) is 50.7. The topological polar surface area (TPSA) is 48.8 Å². The van der Waals surface area contributed by atoms with Gasteiger partial charge in [-0.05, 0) is 87.4 Å². The normalized spacial score (nSPS) is 12.7. The van der Waals surface area contributed by atoms with E-state index >= 15 is 0 Å². The van der Waals surface area contributed by atoms with Gasteiger partial charge in [-0.2, -0.15) is 0 Å². The van der Waals surface area contributed by atoms with Crippen molar-refractivity contribution in [1.82, 2.24) is 19.1 Å². The third-order valence-electron chi connectivity index (χ3n) is 12.6. The first kappa shape index (κ1) is 40.2. The van der Waals surface area contributed by atoms with Gasteiger partial charge in [0.15, 0.2) is 0 Å². The Morgan fingerprint density at radius 1 is 0.500 bits per heavy atom. The maximum Gasteiger partial charge on any atom is 0.121 e. The van der Waals surface area contributed by atoms with E-state index in [0.29, 0.717) is 28.6 Å². The van der Waals surface area contributed by atoms with Crippen LogP contribution in [0.5, 0.6) is 0 Å². The Bertz CT molecular complexity index is 3770. The fraction of sp³-hybridized carbons (Fsp3) is 0.194. The molecule has 0 aliphatic rings. The summed E-state index contributed by atoms with van der Waals surface area (Å²) >= 11 is 0. The molecule has 0 amide bonds. The molecule has 0 unspecified atom stereocenters. The number of hydrogen-bond acceptors (Lipinski definition) is 3. The van der Waals surface area contributed by atoms with Gasteiger partial charge in [-0.1, -0.05) is 169 Å². The predicted molar refractivity (Wildman–Crippen MR) is 280 cm³/mol. The van der Waals surface area contributed by atoms with Crippen LogP contribution in [-0.2, 0) is 20.1 Å². The van der Waals surface area contributed by atoms with Crippen molar-refractivity contribution in [1.29, 1.82) is 0 Å². The number of furan rings is 1. The van der Waals surface area contributed by atoms with Crippen LogP contribution in [0.2, 0.25) is 0 Å². The van der Waals surface area contributed by atoms with Crippen LogP contribution in [0, 0.1) is 12.1 Å². The van der Waals surface area contributed by atoms with Gasteiger partial charge in [0, 0.05) is 36.9 Å². The molecule has 0 atom stereocenters. The SMILES string of the molecule is CC(C)c1cccc(C(C)C)c1-n1c(-c2[c-]cccc2)nc2ccccc21.[2H]c1c([2H])c([2H])c(-c2ccc3c(c2)oc2c(-c4nc5ccccc5n4-c4c(C(C)C)cccc4C(C)C)[c-]ccc23)c([2H])c1[2H].[Ir]. The van der Waals surface area contributed by atoms with E-state index in [2.05, 4.69) is 149 Å². The van der Waals surface area contributed by atoms with Gasteiger partial charge in [0.1, 0.15) is 5.58 Å². The fourth-order valence-corrected chi connectivity index (χ4v) is 9.38. The first-order valence-electron chi connectivity index (χ1n) is 25.8. The molecular formula is C62H56IrN4O-2. The summed E-state index contributed by atoms with van der Waals surface area (Å²) in [5.74, 6) is 3.07. The zero-order valence-electron chi connectivity index (χ0n) is 44.6. The molecule has 0 N–H and O–H groups in total. The second-order valence-electron chi connectivity index (χ2n) is 18.4. The van der Waals surface area contributed by atoms with Gasteiger partial charge in [0.05, 0.1) is 46.2 Å². The number of fused-ring (bicyclic) bond motifs is 5. The number of hydrogen-bond donors (Lipinski definition) is 0. The average Bonchev–Trinajstić information content (AvgIpc) is 4.09. The molecule has 3 aromatic heterocycles. The predicted octanol–water partition coefficient (Wildman–Crippen LogP) is 17.0. The molecule has 0 fully saturated rings. The molecule has 0 aliphatic carbocycles. The van der Waals surface area contributed by atoms with Crippen LogP contribution in [0.15, 0.2) is 174 Å². The average molecular weight is 1070 g/mol. The van der Waals surface area contributed by atoms with E-state index in [0.717, 1.165) is 61.3 Å². The Balaban J connectivity index is 0.000000200. The van der Waals surface area contributed by atoms with Crippen molar-refractivity contribution in [2.75, 3.05) is 0 Å². The summed E-state index contributed by atoms with van der Waals surface area (Å²) in [5.41, 5.74) is 15.1. The maximum atomic E-state index is 8.47. The van der Waals surface area contributed by atoms with E-state index < -0.39 is 6.04 Å². The first-order chi connectivity index (χ1) is 34.7. The molecule has 341 valence electrons. The Morgan fingerprint density at radius 3 is 1.57 bits per heavy atom. The van der Waals surface area contributed by atoms with Crippen LogP contribution in [0.3, 0.4) is 0 Å². The molecule has 1 radical (unpaired) electrons. The minimum absolute atomic E-state index is 0. The Morgan fingerprint density at radius 2 is 1.03 bits per heavy atom. The molecule has 68 heavy (non-hydrogen) atoms. The number of rotatable bonds is 9. The van der Waals surface area contributed by atoms with Crippen LogP contribution in [-0.4, -0.2) is 19.1 Å². The molecule has 11 rings (SSSR count). The van der Waals surface area contributed by atoms with Gasteiger partial charge in [0.2, 0.25) is 0 Å². The van der Waals surface area contributed by atoms with Crippen molar-refractivity contribution in [2.45, 2.75) is 79.1 Å². The van der Waals surface area contributed by atoms with Crippen molar-refractivity contribution >= 4 is 44.0 Å². The number of aromatic nitrogens is 4. The molecule has 0 bridgehead atoms. The van der Waals surface area contributed by atoms with Gasteiger partial charge in [-0.15, -0.1) is 54.1 Å². The van der Waals surface area contributed by atoms with E-state index in [1.807, 2.05) is 54.6 Å². The summed E-state index contributed by atoms with van der Waals surface area (Å²) in [6.45, 7) is 17.9. The van der Waals surface area contributed by atoms with Gasteiger partial charge in [0.25, 0.3) is 0 Å². The summed E-state index contributed by atoms with van der Waals surface area (Å²) in [7, 11) is 0. The van der Waals surface area contributed by atoms with Crippen LogP contribution in [0.1, 0.15) is 108 Å². The van der Waals surface area contributed by atoms with Crippen LogP contribution in [0.4, 0.5) is 0 Å². The second kappa shape index (κ2) is 19.4. The third-order valence-corrected chi connectivity index (χ3v) is 12.6. The van der Waals surface area contributed by atoms with Crippen LogP contribution < -0.4 is 0 Å². The van der Waals surface area contributed by atoms with Crippen LogP contribution >= 0.6 is 0 Å². The summed E-state index contributed by atoms with van der Waals surface area (Å²) in [6, 6.07) is 52.2. The van der Waals surface area contributed by atoms with Crippen molar-refractivity contribution in [2.24, 2.45) is 0 Å². The van der Waals surface area contributed by atoms with Crippen molar-refractivity contribution in [3.05, 3.63) is 204 Å². The number of benzene rings is 8. The molecule has 0 aliphatic heterocycles. The second-order valence-corrected chi connectivity index (χ2v) is 18.4. The standard InChI is InChI=1S/C37H31N2O.C25H25N2.Ir/c1-23(2)27-14-10-15-28(24(3)4)35(27)39-33-19-9-8-18-32(33)38-37(39)31-17-11-16-30-29-21-20-26(22-34(29)40-36(30)31)25-12-6-5-7-13-25;1-17(2)20-13-10-14-21(18(3)4)24(20)27-23-16-9-8-15-22(23)26-25(27)19-11-6-5-7-12-19;/h5-16,18-24H,1-4H3;5-11,13-18H,1-4H3;/q2*-1;/i5D,6D,7D,12D,13D;;. The largest absolute Gasteiger partial charge is 0.501 e. The quantitative estimate of drug-likeness (QED) is 0.135. The summed E-state index contributed by atoms with van der Waals surface area (Å²) < 4.78 is 52.3. The molecule has 5 nitrogen and oxygen atoms in total. The van der Waals surface area contributed by atoms with E-state index in [9.17, 15) is 0 Å². The minimum atomic E-state index is -0.415. The fourth-order valence-electron chi connectivity index (χ4n) is 9.38. The molecule has 0 saturated carbocycles. The zero-order valence-corrected chi connectivity index (χ0v) is 42.0. The monoisotopic (exact) mass is 1070 g/mol. The van der Waals surface area contributed by atoms with Gasteiger partial charge < -0.3 is 13.6 Å². The molecular weight excluding hydrogens is 1010 g/mol. The Kier molecular flexibility index (Phi) is 11.5. The Labute approximate surface area is 420 Å². The van der Waals surface area contributed by atoms with Gasteiger partial charge in [-0.3, -0.25) is 9.97 Å². The van der Waals surface area contributed by atoms with Crippen molar-refractivity contribution < 1.29 is 31.4 Å². The molecule has 11 aromatic rings. The van der Waals surface area contributed by atoms with E-state index in [4.69, 9.17) is 21.2 Å². The van der Waals surface area contributed by atoms with E-state index in [1.165, 1.54) is 27.9 Å². The van der Waals surface area contributed by atoms with Gasteiger partial charge in [-0.25, -0.2) is 0 Å². The summed E-state index contributed by atoms with van der Waals surface area (Å²) in [4.78, 5) is 10.2. The van der Waals surface area contributed by atoms with Gasteiger partial charge >= 0.3 is 0 Å². The first-order valence-corrected chi connectivity index (χ1v) is 23.3. The molecule has 3 heterocycles. The molecule has 0 saturated heterocycles. The summed E-state index contributed by atoms with van der Waals surface area (Å²) in [5, 5.41) is 1.73. The van der Waals surface area contributed by atoms with Crippen molar-refractivity contribution in [3.63, 3.8) is 0 Å². The molecule has 6 heteroatoms. The van der Waals surface area contributed by atoms with E-state index in [1.54, 1.807) is 12.1 Å². The minimum Gasteiger partial charge on any atom is -0.501 e. The molecule has 0 spiro atoms. The van der Waals surface area contributed by atoms with E-state index in [-0.39, 0.29) is 61.7 Å². The molecule has 8 aromatic carbocycles. The maximum absolute atomic E-state index is 8.47. The Hall–Kier alpha value is -6.85. The third kappa shape index (κ3) is 8.42. The smallest absolute Gasteiger partial charge is 0.121 e. The summed E-state index contributed by atoms with van der Waals surface area (Å²) in [6.07, 6.45) is 0.